The third-order valence-corrected chi connectivity index (χ3v) is 3.82. The van der Waals surface area contributed by atoms with Crippen LogP contribution in [-0.4, -0.2) is 23.2 Å². The van der Waals surface area contributed by atoms with Gasteiger partial charge in [0.15, 0.2) is 0 Å². The van der Waals surface area contributed by atoms with Crippen LogP contribution < -0.4 is 10.5 Å². The molecule has 0 aliphatic rings. The summed E-state index contributed by atoms with van der Waals surface area (Å²) >= 11 is 5.76. The number of nitrogens with zero attached hydrogens (tertiary/aromatic N) is 3. The first-order valence-electron chi connectivity index (χ1n) is 4.82. The predicted octanol–water partition coefficient (Wildman–Crippen LogP) is 0.852. The zero-order valence-corrected chi connectivity index (χ0v) is 10.9. The maximum Gasteiger partial charge on any atom is 0.266 e. The maximum atomic E-state index is 12.1. The summed E-state index contributed by atoms with van der Waals surface area (Å²) in [5.74, 6) is 0.0920. The van der Waals surface area contributed by atoms with Crippen molar-refractivity contribution in [2.75, 3.05) is 10.5 Å². The van der Waals surface area contributed by atoms with Crippen LogP contribution in [0.3, 0.4) is 0 Å². The van der Waals surface area contributed by atoms with E-state index in [4.69, 9.17) is 17.3 Å². The van der Waals surface area contributed by atoms with E-state index in [1.165, 1.54) is 29.2 Å². The van der Waals surface area contributed by atoms with Crippen molar-refractivity contribution in [3.05, 3.63) is 29.5 Å². The second kappa shape index (κ2) is 4.46. The van der Waals surface area contributed by atoms with Crippen molar-refractivity contribution in [1.82, 2.24) is 14.8 Å². The molecule has 1 aromatic heterocycles. The summed E-state index contributed by atoms with van der Waals surface area (Å²) < 4.78 is 27.8. The summed E-state index contributed by atoms with van der Waals surface area (Å²) in [5, 5.41) is 4.04. The molecule has 18 heavy (non-hydrogen) atoms. The number of anilines is 2. The average molecular weight is 288 g/mol. The van der Waals surface area contributed by atoms with Crippen LogP contribution in [0.1, 0.15) is 0 Å². The van der Waals surface area contributed by atoms with E-state index in [-0.39, 0.29) is 21.6 Å². The summed E-state index contributed by atoms with van der Waals surface area (Å²) in [6, 6.07) is 4.21. The second-order valence-electron chi connectivity index (χ2n) is 3.49. The van der Waals surface area contributed by atoms with Crippen molar-refractivity contribution in [2.45, 2.75) is 4.90 Å². The molecule has 0 spiro atoms. The van der Waals surface area contributed by atoms with Gasteiger partial charge in [0.1, 0.15) is 11.2 Å². The fraction of sp³-hybridized carbons (Fsp3) is 0.111. The number of nitrogens with one attached hydrogen (secondary N) is 1. The number of hydrogen-bond acceptors (Lipinski definition) is 5. The lowest BCUT2D eigenvalue weighted by atomic mass is 10.3. The Morgan fingerprint density at radius 1 is 1.44 bits per heavy atom. The van der Waals surface area contributed by atoms with Gasteiger partial charge >= 0.3 is 0 Å². The number of halogens is 1. The summed E-state index contributed by atoms with van der Waals surface area (Å²) in [6.45, 7) is 0. The zero-order chi connectivity index (χ0) is 13.3. The van der Waals surface area contributed by atoms with E-state index in [1.54, 1.807) is 7.05 Å². The molecule has 0 aliphatic heterocycles. The molecule has 0 fully saturated rings. The van der Waals surface area contributed by atoms with Gasteiger partial charge in [0, 0.05) is 12.1 Å². The van der Waals surface area contributed by atoms with E-state index < -0.39 is 10.0 Å². The molecule has 0 saturated carbocycles. The van der Waals surface area contributed by atoms with Gasteiger partial charge < -0.3 is 5.73 Å². The van der Waals surface area contributed by atoms with Crippen LogP contribution in [0.15, 0.2) is 29.4 Å². The van der Waals surface area contributed by atoms with Gasteiger partial charge in [-0.1, -0.05) is 11.6 Å². The van der Waals surface area contributed by atoms with Crippen molar-refractivity contribution >= 4 is 33.3 Å². The fourth-order valence-corrected chi connectivity index (χ4v) is 2.74. The Morgan fingerprint density at radius 2 is 2.17 bits per heavy atom. The minimum absolute atomic E-state index is 0.0920. The fourth-order valence-electron chi connectivity index (χ4n) is 1.30. The Kier molecular flexibility index (Phi) is 3.14. The summed E-state index contributed by atoms with van der Waals surface area (Å²) in [7, 11) is -2.28. The lowest BCUT2D eigenvalue weighted by molar-refractivity contribution is 0.600. The number of nitrogen functional groups attached to an aromatic ring is 1. The van der Waals surface area contributed by atoms with Gasteiger partial charge in [0.05, 0.1) is 5.69 Å². The van der Waals surface area contributed by atoms with Gasteiger partial charge in [0.2, 0.25) is 5.95 Å². The molecular formula is C9H10ClN5O2S. The van der Waals surface area contributed by atoms with E-state index in [0.717, 1.165) is 0 Å². The predicted molar refractivity (Wildman–Crippen MR) is 67.7 cm³/mol. The molecule has 0 aliphatic carbocycles. The quantitative estimate of drug-likeness (QED) is 0.815. The molecule has 2 aromatic rings. The molecule has 0 radical (unpaired) electrons. The van der Waals surface area contributed by atoms with Crippen LogP contribution in [-0.2, 0) is 17.1 Å². The summed E-state index contributed by atoms with van der Waals surface area (Å²) in [6.07, 6.45) is 1.24. The highest BCUT2D eigenvalue weighted by molar-refractivity contribution is 7.92. The highest BCUT2D eigenvalue weighted by atomic mass is 35.5. The van der Waals surface area contributed by atoms with Crippen molar-refractivity contribution in [2.24, 2.45) is 7.05 Å². The van der Waals surface area contributed by atoms with E-state index in [1.807, 2.05) is 0 Å². The molecule has 7 nitrogen and oxygen atoms in total. The van der Waals surface area contributed by atoms with Crippen LogP contribution in [0.25, 0.3) is 0 Å². The van der Waals surface area contributed by atoms with Crippen molar-refractivity contribution in [3.8, 4) is 0 Å². The van der Waals surface area contributed by atoms with Gasteiger partial charge in [-0.15, -0.1) is 0 Å². The number of aryl methyl sites for hydroxylation is 1. The lowest BCUT2D eigenvalue weighted by Crippen LogP contribution is -2.17. The number of sulfonamides is 1. The molecule has 2 rings (SSSR count). The number of benzene rings is 1. The van der Waals surface area contributed by atoms with Gasteiger partial charge in [-0.3, -0.25) is 0 Å². The Morgan fingerprint density at radius 3 is 2.78 bits per heavy atom. The van der Waals surface area contributed by atoms with E-state index in [0.29, 0.717) is 0 Å². The Hall–Kier alpha value is -1.80. The van der Waals surface area contributed by atoms with E-state index >= 15 is 0 Å². The highest BCUT2D eigenvalue weighted by Gasteiger charge is 2.20. The van der Waals surface area contributed by atoms with Crippen LogP contribution in [0, 0.1) is 0 Å². The zero-order valence-electron chi connectivity index (χ0n) is 9.33. The highest BCUT2D eigenvalue weighted by Crippen LogP contribution is 2.24. The standard InChI is InChI=1S/C9H10ClN5O2S/c1-15-9(12-5-13-15)14-18(16,17)8-4-6(10)2-3-7(8)11/h2-5H,11H2,1H3,(H,12,13,14). The van der Waals surface area contributed by atoms with Crippen molar-refractivity contribution < 1.29 is 8.42 Å². The number of nitrogens with two attached hydrogens (primary N) is 1. The van der Waals surface area contributed by atoms with E-state index in [2.05, 4.69) is 14.8 Å². The first-order chi connectivity index (χ1) is 8.40. The van der Waals surface area contributed by atoms with Gasteiger partial charge in [-0.25, -0.2) is 17.8 Å². The van der Waals surface area contributed by atoms with Crippen LogP contribution in [0.5, 0.6) is 0 Å². The molecule has 1 heterocycles. The summed E-state index contributed by atoms with van der Waals surface area (Å²) in [5.41, 5.74) is 5.73. The molecular weight excluding hydrogens is 278 g/mol. The maximum absolute atomic E-state index is 12.1. The molecule has 0 saturated heterocycles. The Labute approximate surface area is 109 Å². The van der Waals surface area contributed by atoms with Crippen molar-refractivity contribution in [1.29, 1.82) is 0 Å². The van der Waals surface area contributed by atoms with Crippen LogP contribution >= 0.6 is 11.6 Å². The molecule has 9 heteroatoms. The number of hydrogen-bond donors (Lipinski definition) is 2. The van der Waals surface area contributed by atoms with Gasteiger partial charge in [0.25, 0.3) is 10.0 Å². The van der Waals surface area contributed by atoms with Crippen molar-refractivity contribution in [3.63, 3.8) is 0 Å². The van der Waals surface area contributed by atoms with Gasteiger partial charge in [-0.2, -0.15) is 10.1 Å². The van der Waals surface area contributed by atoms with Crippen LogP contribution in [0.4, 0.5) is 11.6 Å². The third-order valence-electron chi connectivity index (χ3n) is 2.20. The lowest BCUT2D eigenvalue weighted by Gasteiger charge is -2.09. The first kappa shape index (κ1) is 12.7. The molecule has 0 bridgehead atoms. The normalized spacial score (nSPS) is 11.4. The monoisotopic (exact) mass is 287 g/mol. The largest absolute Gasteiger partial charge is 0.398 e. The Balaban J connectivity index is 2.43. The Bertz CT molecular complexity index is 682. The molecule has 96 valence electrons. The molecule has 0 atom stereocenters. The average Bonchev–Trinajstić information content (AvgIpc) is 2.67. The molecule has 0 unspecified atom stereocenters. The third kappa shape index (κ3) is 2.39. The SMILES string of the molecule is Cn1ncnc1NS(=O)(=O)c1cc(Cl)ccc1N. The first-order valence-corrected chi connectivity index (χ1v) is 6.68. The minimum atomic E-state index is -3.84. The number of aromatic nitrogens is 3. The van der Waals surface area contributed by atoms with Gasteiger partial charge in [-0.05, 0) is 18.2 Å². The molecule has 1 aromatic carbocycles. The molecule has 0 amide bonds. The van der Waals surface area contributed by atoms with E-state index in [9.17, 15) is 8.42 Å². The smallest absolute Gasteiger partial charge is 0.266 e. The molecule has 3 N–H and O–H groups in total. The topological polar surface area (TPSA) is 103 Å². The number of rotatable bonds is 3. The summed E-state index contributed by atoms with van der Waals surface area (Å²) in [4.78, 5) is 3.67. The minimum Gasteiger partial charge on any atom is -0.398 e. The second-order valence-corrected chi connectivity index (χ2v) is 5.58. The van der Waals surface area contributed by atoms with Crippen LogP contribution in [0.2, 0.25) is 5.02 Å².